The van der Waals surface area contributed by atoms with Crippen molar-refractivity contribution in [3.63, 3.8) is 0 Å². The number of aliphatic carboxylic acids is 1. The molecule has 0 aliphatic heterocycles. The van der Waals surface area contributed by atoms with Crippen LogP contribution in [0.1, 0.15) is 40.0 Å². The van der Waals surface area contributed by atoms with Crippen LogP contribution in [0.15, 0.2) is 0 Å². The van der Waals surface area contributed by atoms with Gasteiger partial charge in [0.25, 0.3) is 0 Å². The first-order valence-corrected chi connectivity index (χ1v) is 7.03. The molecule has 0 fully saturated rings. The van der Waals surface area contributed by atoms with Crippen molar-refractivity contribution in [2.24, 2.45) is 5.41 Å². The summed E-state index contributed by atoms with van der Waals surface area (Å²) in [5.41, 5.74) is -0.158. The molecule has 0 heterocycles. The van der Waals surface area contributed by atoms with E-state index in [-0.39, 0.29) is 17.6 Å². The molecular formula is C10H21NO4S. The number of carboxylic acids is 1. The van der Waals surface area contributed by atoms with Crippen LogP contribution in [0.4, 0.5) is 0 Å². The highest BCUT2D eigenvalue weighted by Gasteiger charge is 2.19. The van der Waals surface area contributed by atoms with E-state index in [4.69, 9.17) is 5.11 Å². The Bertz CT molecular complexity index is 322. The van der Waals surface area contributed by atoms with Gasteiger partial charge in [-0.2, -0.15) is 0 Å². The Labute approximate surface area is 97.3 Å². The number of sulfonamides is 1. The molecule has 0 spiro atoms. The maximum atomic E-state index is 11.1. The molecule has 0 unspecified atom stereocenters. The zero-order valence-corrected chi connectivity index (χ0v) is 10.9. The van der Waals surface area contributed by atoms with Crippen molar-refractivity contribution in [2.75, 3.05) is 12.3 Å². The van der Waals surface area contributed by atoms with Crippen molar-refractivity contribution in [3.05, 3.63) is 0 Å². The van der Waals surface area contributed by atoms with Crippen LogP contribution in [0, 0.1) is 5.41 Å². The lowest BCUT2D eigenvalue weighted by atomic mass is 9.84. The van der Waals surface area contributed by atoms with Crippen molar-refractivity contribution in [2.45, 2.75) is 40.0 Å². The molecule has 0 aliphatic rings. The molecule has 0 atom stereocenters. The van der Waals surface area contributed by atoms with Gasteiger partial charge in [0.1, 0.15) is 0 Å². The molecule has 5 nitrogen and oxygen atoms in total. The van der Waals surface area contributed by atoms with E-state index >= 15 is 0 Å². The zero-order valence-electron chi connectivity index (χ0n) is 10.1. The van der Waals surface area contributed by atoms with Gasteiger partial charge >= 0.3 is 5.97 Å². The molecule has 16 heavy (non-hydrogen) atoms. The minimum Gasteiger partial charge on any atom is -0.481 e. The van der Waals surface area contributed by atoms with Crippen LogP contribution < -0.4 is 4.72 Å². The standard InChI is InChI=1S/C10H21NO4S/c1-4-16(14,15)11-8-7-10(2,3)6-5-9(12)13/h11H,4-8H2,1-3H3,(H,12,13). The number of carboxylic acid groups (broad SMARTS) is 1. The van der Waals surface area contributed by atoms with Crippen LogP contribution in [0.2, 0.25) is 0 Å². The number of carbonyl (C=O) groups is 1. The van der Waals surface area contributed by atoms with E-state index < -0.39 is 16.0 Å². The highest BCUT2D eigenvalue weighted by Crippen LogP contribution is 2.26. The first-order valence-electron chi connectivity index (χ1n) is 5.38. The summed E-state index contributed by atoms with van der Waals surface area (Å²) in [4.78, 5) is 10.4. The molecule has 0 radical (unpaired) electrons. The average Bonchev–Trinajstić information content (AvgIpc) is 2.14. The SMILES string of the molecule is CCS(=O)(=O)NCCC(C)(C)CCC(=O)O. The number of hydrogen-bond acceptors (Lipinski definition) is 3. The van der Waals surface area contributed by atoms with Crippen molar-refractivity contribution < 1.29 is 18.3 Å². The molecule has 2 N–H and O–H groups in total. The summed E-state index contributed by atoms with van der Waals surface area (Å²) < 4.78 is 24.8. The predicted molar refractivity (Wildman–Crippen MR) is 62.7 cm³/mol. The smallest absolute Gasteiger partial charge is 0.303 e. The summed E-state index contributed by atoms with van der Waals surface area (Å²) in [5, 5.41) is 8.56. The minimum atomic E-state index is -3.14. The first kappa shape index (κ1) is 15.4. The van der Waals surface area contributed by atoms with Gasteiger partial charge < -0.3 is 5.11 Å². The normalized spacial score (nSPS) is 12.7. The molecule has 96 valence electrons. The molecule has 0 bridgehead atoms. The van der Waals surface area contributed by atoms with Crippen LogP contribution in [-0.2, 0) is 14.8 Å². The Hall–Kier alpha value is -0.620. The van der Waals surface area contributed by atoms with Gasteiger partial charge in [-0.05, 0) is 25.2 Å². The minimum absolute atomic E-state index is 0.0720. The highest BCUT2D eigenvalue weighted by atomic mass is 32.2. The third-order valence-electron chi connectivity index (χ3n) is 2.52. The van der Waals surface area contributed by atoms with Gasteiger partial charge in [0.15, 0.2) is 0 Å². The fourth-order valence-corrected chi connectivity index (χ4v) is 1.83. The topological polar surface area (TPSA) is 83.5 Å². The van der Waals surface area contributed by atoms with E-state index in [0.717, 1.165) is 0 Å². The van der Waals surface area contributed by atoms with Gasteiger partial charge in [0.05, 0.1) is 5.75 Å². The third kappa shape index (κ3) is 7.64. The fourth-order valence-electron chi connectivity index (χ4n) is 1.22. The van der Waals surface area contributed by atoms with Crippen molar-refractivity contribution in [1.29, 1.82) is 0 Å². The summed E-state index contributed by atoms with van der Waals surface area (Å²) in [6, 6.07) is 0. The third-order valence-corrected chi connectivity index (χ3v) is 3.92. The van der Waals surface area contributed by atoms with E-state index in [1.807, 2.05) is 13.8 Å². The Morgan fingerprint density at radius 3 is 2.31 bits per heavy atom. The molecule has 0 saturated carbocycles. The van der Waals surface area contributed by atoms with Crippen molar-refractivity contribution >= 4 is 16.0 Å². The van der Waals surface area contributed by atoms with E-state index in [1.165, 1.54) is 0 Å². The largest absolute Gasteiger partial charge is 0.481 e. The number of rotatable bonds is 8. The highest BCUT2D eigenvalue weighted by molar-refractivity contribution is 7.89. The molecule has 0 aromatic rings. The summed E-state index contributed by atoms with van der Waals surface area (Å²) >= 11 is 0. The Balaban J connectivity index is 3.95. The lowest BCUT2D eigenvalue weighted by molar-refractivity contribution is -0.137. The Morgan fingerprint density at radius 1 is 1.31 bits per heavy atom. The molecule has 0 saturated heterocycles. The molecule has 0 aromatic heterocycles. The lowest BCUT2D eigenvalue weighted by Gasteiger charge is -2.23. The molecular weight excluding hydrogens is 230 g/mol. The molecule has 0 aromatic carbocycles. The first-order chi connectivity index (χ1) is 7.18. The summed E-state index contributed by atoms with van der Waals surface area (Å²) in [7, 11) is -3.14. The molecule has 6 heteroatoms. The maximum absolute atomic E-state index is 11.1. The van der Waals surface area contributed by atoms with E-state index in [2.05, 4.69) is 4.72 Å². The van der Waals surface area contributed by atoms with E-state index in [1.54, 1.807) is 6.92 Å². The summed E-state index contributed by atoms with van der Waals surface area (Å²) in [6.07, 6.45) is 1.31. The summed E-state index contributed by atoms with van der Waals surface area (Å²) in [6.45, 7) is 5.83. The Kier molecular flexibility index (Phi) is 5.96. The van der Waals surface area contributed by atoms with Gasteiger partial charge in [-0.25, -0.2) is 13.1 Å². The lowest BCUT2D eigenvalue weighted by Crippen LogP contribution is -2.29. The van der Waals surface area contributed by atoms with Gasteiger partial charge in [0.2, 0.25) is 10.0 Å². The molecule has 0 amide bonds. The second kappa shape index (κ2) is 6.20. The van der Waals surface area contributed by atoms with Crippen LogP contribution in [0.5, 0.6) is 0 Å². The Morgan fingerprint density at radius 2 is 1.88 bits per heavy atom. The van der Waals surface area contributed by atoms with Gasteiger partial charge in [-0.3, -0.25) is 4.79 Å². The number of nitrogens with one attached hydrogen (secondary N) is 1. The molecule has 0 aliphatic carbocycles. The second-order valence-corrected chi connectivity index (χ2v) is 6.70. The van der Waals surface area contributed by atoms with Gasteiger partial charge in [0, 0.05) is 13.0 Å². The monoisotopic (exact) mass is 251 g/mol. The second-order valence-electron chi connectivity index (χ2n) is 4.61. The summed E-state index contributed by atoms with van der Waals surface area (Å²) in [5.74, 6) is -0.745. The van der Waals surface area contributed by atoms with Crippen molar-refractivity contribution in [1.82, 2.24) is 4.72 Å². The van der Waals surface area contributed by atoms with Gasteiger partial charge in [-0.15, -0.1) is 0 Å². The van der Waals surface area contributed by atoms with Crippen LogP contribution in [0.25, 0.3) is 0 Å². The van der Waals surface area contributed by atoms with Crippen LogP contribution in [-0.4, -0.2) is 31.8 Å². The van der Waals surface area contributed by atoms with Gasteiger partial charge in [-0.1, -0.05) is 13.8 Å². The van der Waals surface area contributed by atoms with Crippen LogP contribution >= 0.6 is 0 Å². The van der Waals surface area contributed by atoms with E-state index in [9.17, 15) is 13.2 Å². The quantitative estimate of drug-likeness (QED) is 0.679. The van der Waals surface area contributed by atoms with E-state index in [0.29, 0.717) is 19.4 Å². The zero-order chi connectivity index (χ0) is 12.8. The predicted octanol–water partition coefficient (Wildman–Crippen LogP) is 1.21. The number of hydrogen-bond donors (Lipinski definition) is 2. The van der Waals surface area contributed by atoms with Crippen LogP contribution in [0.3, 0.4) is 0 Å². The average molecular weight is 251 g/mol. The molecule has 0 rings (SSSR count). The van der Waals surface area contributed by atoms with Crippen molar-refractivity contribution in [3.8, 4) is 0 Å². The fraction of sp³-hybridized carbons (Fsp3) is 0.900. The maximum Gasteiger partial charge on any atom is 0.303 e.